The molecule has 0 aliphatic rings. The number of anilines is 1. The molecule has 2 rings (SSSR count). The Labute approximate surface area is 170 Å². The zero-order valence-corrected chi connectivity index (χ0v) is 17.0. The summed E-state index contributed by atoms with van der Waals surface area (Å²) in [5.41, 5.74) is 0.441. The van der Waals surface area contributed by atoms with Gasteiger partial charge in [-0.1, -0.05) is 38.1 Å². The Morgan fingerprint density at radius 1 is 1.10 bits per heavy atom. The highest BCUT2D eigenvalue weighted by Crippen LogP contribution is 2.21. The van der Waals surface area contributed by atoms with Crippen LogP contribution >= 0.6 is 0 Å². The molecule has 0 unspecified atom stereocenters. The van der Waals surface area contributed by atoms with E-state index in [0.717, 1.165) is 0 Å². The van der Waals surface area contributed by atoms with Crippen molar-refractivity contribution >= 4 is 17.5 Å². The Morgan fingerprint density at radius 2 is 1.79 bits per heavy atom. The minimum Gasteiger partial charge on any atom is -0.483 e. The quantitative estimate of drug-likeness (QED) is 0.660. The molecular formula is C22H27FN2O4. The highest BCUT2D eigenvalue weighted by Gasteiger charge is 2.21. The summed E-state index contributed by atoms with van der Waals surface area (Å²) in [7, 11) is 1.59. The lowest BCUT2D eigenvalue weighted by Crippen LogP contribution is -2.37. The first-order valence-corrected chi connectivity index (χ1v) is 9.46. The monoisotopic (exact) mass is 402 g/mol. The van der Waals surface area contributed by atoms with Crippen LogP contribution in [0.2, 0.25) is 0 Å². The van der Waals surface area contributed by atoms with Gasteiger partial charge < -0.3 is 19.7 Å². The second-order valence-corrected chi connectivity index (χ2v) is 6.95. The number of hydrogen-bond donors (Lipinski definition) is 1. The summed E-state index contributed by atoms with van der Waals surface area (Å²) in [6.45, 7) is 5.17. The van der Waals surface area contributed by atoms with E-state index in [4.69, 9.17) is 9.47 Å². The van der Waals surface area contributed by atoms with Crippen LogP contribution in [0.25, 0.3) is 0 Å². The topological polar surface area (TPSA) is 67.9 Å². The molecule has 0 aliphatic heterocycles. The number of para-hydroxylation sites is 2. The number of methoxy groups -OCH3 is 1. The molecule has 156 valence electrons. The second kappa shape index (κ2) is 11.2. The molecule has 0 bridgehead atoms. The first-order valence-electron chi connectivity index (χ1n) is 9.46. The maximum Gasteiger partial charge on any atom is 0.262 e. The lowest BCUT2D eigenvalue weighted by molar-refractivity contribution is -0.118. The van der Waals surface area contributed by atoms with Crippen molar-refractivity contribution < 1.29 is 23.5 Å². The Hall–Kier alpha value is -2.93. The third-order valence-electron chi connectivity index (χ3n) is 4.06. The van der Waals surface area contributed by atoms with Crippen LogP contribution in [0, 0.1) is 11.7 Å². The fourth-order valence-electron chi connectivity index (χ4n) is 2.75. The molecule has 0 saturated carbocycles. The summed E-state index contributed by atoms with van der Waals surface area (Å²) < 4.78 is 24.3. The van der Waals surface area contributed by atoms with Crippen molar-refractivity contribution in [1.82, 2.24) is 4.90 Å². The molecule has 2 aromatic carbocycles. The number of nitrogens with one attached hydrogen (secondary N) is 1. The molecule has 0 atom stereocenters. The van der Waals surface area contributed by atoms with E-state index in [-0.39, 0.29) is 24.1 Å². The smallest absolute Gasteiger partial charge is 0.262 e. The number of rotatable bonds is 10. The molecule has 2 aromatic rings. The van der Waals surface area contributed by atoms with Crippen LogP contribution in [0.3, 0.4) is 0 Å². The molecular weight excluding hydrogens is 375 g/mol. The van der Waals surface area contributed by atoms with E-state index < -0.39 is 11.7 Å². The van der Waals surface area contributed by atoms with Crippen molar-refractivity contribution in [3.05, 3.63) is 59.9 Å². The number of hydrogen-bond acceptors (Lipinski definition) is 4. The van der Waals surface area contributed by atoms with E-state index in [9.17, 15) is 14.0 Å². The predicted octanol–water partition coefficient (Wildman–Crippen LogP) is 3.59. The minimum atomic E-state index is -0.529. The maximum atomic E-state index is 13.7. The molecule has 7 heteroatoms. The van der Waals surface area contributed by atoms with Crippen LogP contribution in [0.4, 0.5) is 10.1 Å². The Bertz CT molecular complexity index is 826. The standard InChI is InChI=1S/C22H27FN2O4/c1-16(2)14-25(12-13-28-3)22(27)17-8-4-7-11-20(17)29-15-21(26)24-19-10-6-5-9-18(19)23/h4-11,16H,12-15H2,1-3H3,(H,24,26). The molecule has 29 heavy (non-hydrogen) atoms. The van der Waals surface area contributed by atoms with Gasteiger partial charge in [-0.2, -0.15) is 0 Å². The van der Waals surface area contributed by atoms with Crippen LogP contribution in [0.5, 0.6) is 5.75 Å². The van der Waals surface area contributed by atoms with E-state index in [2.05, 4.69) is 5.32 Å². The highest BCUT2D eigenvalue weighted by atomic mass is 19.1. The van der Waals surface area contributed by atoms with Gasteiger partial charge in [-0.25, -0.2) is 4.39 Å². The van der Waals surface area contributed by atoms with Gasteiger partial charge in [0, 0.05) is 20.2 Å². The van der Waals surface area contributed by atoms with E-state index in [1.54, 1.807) is 42.3 Å². The number of amides is 2. The van der Waals surface area contributed by atoms with Crippen LogP contribution < -0.4 is 10.1 Å². The third-order valence-corrected chi connectivity index (χ3v) is 4.06. The average Bonchev–Trinajstić information content (AvgIpc) is 2.70. The van der Waals surface area contributed by atoms with E-state index in [0.29, 0.717) is 31.0 Å². The van der Waals surface area contributed by atoms with Crippen molar-refractivity contribution in [2.24, 2.45) is 5.92 Å². The largest absolute Gasteiger partial charge is 0.483 e. The lowest BCUT2D eigenvalue weighted by atomic mass is 10.1. The molecule has 0 radical (unpaired) electrons. The van der Waals surface area contributed by atoms with Gasteiger partial charge in [0.1, 0.15) is 11.6 Å². The zero-order valence-electron chi connectivity index (χ0n) is 17.0. The van der Waals surface area contributed by atoms with Gasteiger partial charge in [0.25, 0.3) is 11.8 Å². The van der Waals surface area contributed by atoms with Crippen molar-refractivity contribution in [3.63, 3.8) is 0 Å². The summed E-state index contributed by atoms with van der Waals surface area (Å²) in [6, 6.07) is 12.6. The number of ether oxygens (including phenoxy) is 2. The molecule has 2 amide bonds. The van der Waals surface area contributed by atoms with Crippen LogP contribution in [-0.2, 0) is 9.53 Å². The van der Waals surface area contributed by atoms with E-state index in [1.807, 2.05) is 13.8 Å². The summed E-state index contributed by atoms with van der Waals surface area (Å²) in [4.78, 5) is 26.9. The minimum absolute atomic E-state index is 0.0770. The molecule has 0 spiro atoms. The summed E-state index contributed by atoms with van der Waals surface area (Å²) in [5, 5.41) is 2.46. The van der Waals surface area contributed by atoms with Crippen molar-refractivity contribution in [3.8, 4) is 5.75 Å². The molecule has 0 fully saturated rings. The molecule has 0 heterocycles. The lowest BCUT2D eigenvalue weighted by Gasteiger charge is -2.25. The zero-order chi connectivity index (χ0) is 21.2. The van der Waals surface area contributed by atoms with Gasteiger partial charge in [0.15, 0.2) is 6.61 Å². The van der Waals surface area contributed by atoms with Crippen LogP contribution in [0.1, 0.15) is 24.2 Å². The number of benzene rings is 2. The summed E-state index contributed by atoms with van der Waals surface area (Å²) in [5.74, 6) is -0.654. The fraction of sp³-hybridized carbons (Fsp3) is 0.364. The van der Waals surface area contributed by atoms with E-state index in [1.165, 1.54) is 18.2 Å². The third kappa shape index (κ3) is 6.87. The van der Waals surface area contributed by atoms with Gasteiger partial charge in [0.2, 0.25) is 0 Å². The number of halogens is 1. The fourth-order valence-corrected chi connectivity index (χ4v) is 2.75. The first kappa shape index (κ1) is 22.4. The number of carbonyl (C=O) groups is 2. The molecule has 0 aliphatic carbocycles. The number of nitrogens with zero attached hydrogens (tertiary/aromatic N) is 1. The van der Waals surface area contributed by atoms with Gasteiger partial charge in [-0.05, 0) is 30.2 Å². The Morgan fingerprint density at radius 3 is 2.48 bits per heavy atom. The normalized spacial score (nSPS) is 10.7. The molecule has 6 nitrogen and oxygen atoms in total. The Kier molecular flexibility index (Phi) is 8.61. The molecule has 0 aromatic heterocycles. The van der Waals surface area contributed by atoms with Crippen LogP contribution in [-0.4, -0.2) is 50.1 Å². The van der Waals surface area contributed by atoms with Gasteiger partial charge in [-0.15, -0.1) is 0 Å². The SMILES string of the molecule is COCCN(CC(C)C)C(=O)c1ccccc1OCC(=O)Nc1ccccc1F. The van der Waals surface area contributed by atoms with Crippen molar-refractivity contribution in [1.29, 1.82) is 0 Å². The second-order valence-electron chi connectivity index (χ2n) is 6.95. The predicted molar refractivity (Wildman–Crippen MR) is 110 cm³/mol. The van der Waals surface area contributed by atoms with Gasteiger partial charge in [-0.3, -0.25) is 9.59 Å². The maximum absolute atomic E-state index is 13.7. The van der Waals surface area contributed by atoms with E-state index >= 15 is 0 Å². The first-order chi connectivity index (χ1) is 13.9. The summed E-state index contributed by atoms with van der Waals surface area (Å²) >= 11 is 0. The van der Waals surface area contributed by atoms with Crippen LogP contribution in [0.15, 0.2) is 48.5 Å². The Balaban J connectivity index is 2.07. The van der Waals surface area contributed by atoms with Gasteiger partial charge >= 0.3 is 0 Å². The van der Waals surface area contributed by atoms with Crippen molar-refractivity contribution in [2.75, 3.05) is 38.7 Å². The molecule has 0 saturated heterocycles. The van der Waals surface area contributed by atoms with Crippen molar-refractivity contribution in [2.45, 2.75) is 13.8 Å². The molecule has 1 N–H and O–H groups in total. The average molecular weight is 402 g/mol. The van der Waals surface area contributed by atoms with Gasteiger partial charge in [0.05, 0.1) is 17.9 Å². The number of carbonyl (C=O) groups excluding carboxylic acids is 2. The highest BCUT2D eigenvalue weighted by molar-refractivity contribution is 5.97. The summed E-state index contributed by atoms with van der Waals surface area (Å²) in [6.07, 6.45) is 0.